The number of hydrogen-bond acceptors (Lipinski definition) is 3. The Morgan fingerprint density at radius 1 is 0.368 bits per heavy atom. The van der Waals surface area contributed by atoms with Crippen molar-refractivity contribution in [3.8, 4) is 22.5 Å². The van der Waals surface area contributed by atoms with Gasteiger partial charge in [-0.25, -0.2) is 0 Å². The first-order valence-electron chi connectivity index (χ1n) is 19.6. The molecule has 11 rings (SSSR count). The zero-order chi connectivity index (χ0) is 37.8. The Morgan fingerprint density at radius 3 is 1.23 bits per heavy atom. The molecule has 0 unspecified atom stereocenters. The van der Waals surface area contributed by atoms with Crippen LogP contribution < -0.4 is 25.6 Å². The van der Waals surface area contributed by atoms with Gasteiger partial charge in [0.25, 0.3) is 0 Å². The second-order valence-corrected chi connectivity index (χ2v) is 18.6. The number of para-hydroxylation sites is 2. The highest BCUT2D eigenvalue weighted by Crippen LogP contribution is 2.58. The van der Waals surface area contributed by atoms with Crippen molar-refractivity contribution >= 4 is 45.9 Å². The number of anilines is 3. The van der Waals surface area contributed by atoms with E-state index in [1.54, 1.807) is 0 Å². The van der Waals surface area contributed by atoms with Gasteiger partial charge in [0.05, 0.1) is 28.2 Å². The lowest BCUT2D eigenvalue weighted by Gasteiger charge is -2.53. The van der Waals surface area contributed by atoms with Crippen LogP contribution in [0.1, 0.15) is 22.3 Å². The summed E-state index contributed by atoms with van der Waals surface area (Å²) in [6, 6.07) is 78.4. The molecule has 0 bridgehead atoms. The number of hydrogen-bond donors (Lipinski definition) is 0. The van der Waals surface area contributed by atoms with Gasteiger partial charge in [-0.1, -0.05) is 158 Å². The van der Waals surface area contributed by atoms with Crippen molar-refractivity contribution in [2.24, 2.45) is 0 Å². The number of aromatic nitrogens is 2. The van der Waals surface area contributed by atoms with Gasteiger partial charge in [0.15, 0.2) is 8.07 Å². The van der Waals surface area contributed by atoms with E-state index in [9.17, 15) is 0 Å². The first-order valence-corrected chi connectivity index (χ1v) is 21.6. The highest BCUT2D eigenvalue weighted by molar-refractivity contribution is 7.20. The summed E-state index contributed by atoms with van der Waals surface area (Å²) in [6.45, 7) is 0. The average Bonchev–Trinajstić information content (AvgIpc) is 3.30. The van der Waals surface area contributed by atoms with E-state index < -0.39 is 13.5 Å². The Hall–Kier alpha value is -7.14. The van der Waals surface area contributed by atoms with Gasteiger partial charge in [0, 0.05) is 29.2 Å². The number of benzene rings is 7. The molecule has 0 aliphatic carbocycles. The fraction of sp³-hybridized carbons (Fsp3) is 0.0189. The molecular formula is C53H37N3Si. The molecule has 2 aliphatic rings. The predicted octanol–water partition coefficient (Wildman–Crippen LogP) is 9.67. The van der Waals surface area contributed by atoms with Crippen molar-refractivity contribution in [2.45, 2.75) is 5.41 Å². The van der Waals surface area contributed by atoms with E-state index in [0.717, 1.165) is 39.6 Å². The third kappa shape index (κ3) is 4.84. The summed E-state index contributed by atoms with van der Waals surface area (Å²) >= 11 is 0. The van der Waals surface area contributed by atoms with Crippen LogP contribution in [0.2, 0.25) is 0 Å². The van der Waals surface area contributed by atoms with Gasteiger partial charge in [0.2, 0.25) is 0 Å². The third-order valence-electron chi connectivity index (χ3n) is 12.1. The molecule has 7 aromatic carbocycles. The molecule has 4 heterocycles. The molecule has 4 heteroatoms. The van der Waals surface area contributed by atoms with Gasteiger partial charge >= 0.3 is 0 Å². The van der Waals surface area contributed by atoms with Crippen LogP contribution >= 0.6 is 0 Å². The lowest BCUT2D eigenvalue weighted by molar-refractivity contribution is 0.736. The molecule has 2 aromatic heterocycles. The third-order valence-corrected chi connectivity index (χ3v) is 17.0. The predicted molar refractivity (Wildman–Crippen MR) is 237 cm³/mol. The molecule has 9 aromatic rings. The second-order valence-electron chi connectivity index (χ2n) is 14.9. The normalized spacial score (nSPS) is 14.2. The number of pyridine rings is 2. The highest BCUT2D eigenvalue weighted by atomic mass is 28.3. The molecule has 3 nitrogen and oxygen atoms in total. The highest BCUT2D eigenvalue weighted by Gasteiger charge is 2.57. The monoisotopic (exact) mass is 743 g/mol. The van der Waals surface area contributed by atoms with Crippen molar-refractivity contribution in [3.05, 3.63) is 247 Å². The minimum atomic E-state index is -2.83. The van der Waals surface area contributed by atoms with E-state index in [4.69, 9.17) is 9.97 Å². The summed E-state index contributed by atoms with van der Waals surface area (Å²) in [5.41, 5.74) is 11.9. The van der Waals surface area contributed by atoms with Crippen LogP contribution in [0.15, 0.2) is 225 Å². The van der Waals surface area contributed by atoms with Crippen molar-refractivity contribution < 1.29 is 0 Å². The van der Waals surface area contributed by atoms with Crippen molar-refractivity contribution in [2.75, 3.05) is 4.90 Å². The summed E-state index contributed by atoms with van der Waals surface area (Å²) < 4.78 is 0. The standard InChI is InChI=1S/C53H37N3Si/c1-3-19-41(20-4-1)57(42-21-5-2-6-22-42)51-31-13-9-25-45(51)53(46-26-10-14-32-52(46)57)43-23-7-11-29-49(43)56(50-30-12-8-24-44(50)53)40-36-38(47-27-15-17-33-54-47)35-39(37-40)48-28-16-18-34-55-48/h1-37H. The Balaban J connectivity index is 1.24. The summed E-state index contributed by atoms with van der Waals surface area (Å²) in [5.74, 6) is 0. The molecule has 268 valence electrons. The topological polar surface area (TPSA) is 29.0 Å². The van der Waals surface area contributed by atoms with Gasteiger partial charge in [0.1, 0.15) is 0 Å². The Labute approximate surface area is 334 Å². The SMILES string of the molecule is c1ccc([Si]2(c3ccccc3)c3ccccc3C3(c4ccccc4N(c4cc(-c5ccccn5)cc(-c5ccccn5)c4)c4ccccc43)c3ccccc32)cc1. The smallest absolute Gasteiger partial charge is 0.180 e. The molecule has 2 aliphatic heterocycles. The molecule has 0 fully saturated rings. The summed E-state index contributed by atoms with van der Waals surface area (Å²) in [6.07, 6.45) is 3.73. The zero-order valence-corrected chi connectivity index (χ0v) is 32.2. The Kier molecular flexibility index (Phi) is 7.73. The zero-order valence-electron chi connectivity index (χ0n) is 31.2. The van der Waals surface area contributed by atoms with E-state index in [0.29, 0.717) is 0 Å². The molecule has 0 saturated heterocycles. The first kappa shape index (κ1) is 33.2. The maximum atomic E-state index is 4.81. The fourth-order valence-corrected chi connectivity index (χ4v) is 15.2. The number of fused-ring (bicyclic) bond motifs is 8. The lowest BCUT2D eigenvalue weighted by atomic mass is 9.62. The quantitative estimate of drug-likeness (QED) is 0.165. The Morgan fingerprint density at radius 2 is 0.772 bits per heavy atom. The lowest BCUT2D eigenvalue weighted by Crippen LogP contribution is -2.79. The molecule has 0 amide bonds. The summed E-state index contributed by atoms with van der Waals surface area (Å²) in [5, 5.41) is 5.62. The van der Waals surface area contributed by atoms with Gasteiger partial charge in [-0.15, -0.1) is 0 Å². The van der Waals surface area contributed by atoms with Crippen LogP contribution in [0.25, 0.3) is 22.5 Å². The van der Waals surface area contributed by atoms with E-state index in [1.165, 1.54) is 43.0 Å². The Bertz CT molecular complexity index is 2720. The van der Waals surface area contributed by atoms with E-state index in [-0.39, 0.29) is 0 Å². The van der Waals surface area contributed by atoms with Gasteiger partial charge < -0.3 is 4.90 Å². The fourth-order valence-electron chi connectivity index (χ4n) is 9.94. The van der Waals surface area contributed by atoms with E-state index >= 15 is 0 Å². The van der Waals surface area contributed by atoms with Crippen molar-refractivity contribution in [1.82, 2.24) is 9.97 Å². The second kappa shape index (κ2) is 13.3. The minimum absolute atomic E-state index is 0.598. The van der Waals surface area contributed by atoms with E-state index in [2.05, 4.69) is 205 Å². The van der Waals surface area contributed by atoms with Crippen LogP contribution in [-0.2, 0) is 5.41 Å². The molecule has 0 N–H and O–H groups in total. The van der Waals surface area contributed by atoms with Crippen LogP contribution in [0, 0.1) is 0 Å². The van der Waals surface area contributed by atoms with Crippen LogP contribution in [0.3, 0.4) is 0 Å². The minimum Gasteiger partial charge on any atom is -0.310 e. The summed E-state index contributed by atoms with van der Waals surface area (Å²) in [7, 11) is -2.83. The average molecular weight is 744 g/mol. The number of nitrogens with zero attached hydrogens (tertiary/aromatic N) is 3. The van der Waals surface area contributed by atoms with Gasteiger partial charge in [-0.2, -0.15) is 0 Å². The molecule has 57 heavy (non-hydrogen) atoms. The largest absolute Gasteiger partial charge is 0.310 e. The molecule has 0 radical (unpaired) electrons. The van der Waals surface area contributed by atoms with Gasteiger partial charge in [-0.05, 0) is 97.6 Å². The maximum Gasteiger partial charge on any atom is 0.180 e. The van der Waals surface area contributed by atoms with Crippen LogP contribution in [0.4, 0.5) is 17.1 Å². The first-order chi connectivity index (χ1) is 28.3. The maximum absolute atomic E-state index is 4.81. The molecular weight excluding hydrogens is 707 g/mol. The molecule has 1 spiro atoms. The van der Waals surface area contributed by atoms with Gasteiger partial charge in [-0.3, -0.25) is 9.97 Å². The van der Waals surface area contributed by atoms with E-state index in [1.807, 2.05) is 24.5 Å². The molecule has 0 atom stereocenters. The molecule has 0 saturated carbocycles. The van der Waals surface area contributed by atoms with Crippen LogP contribution in [-0.4, -0.2) is 18.0 Å². The van der Waals surface area contributed by atoms with Crippen molar-refractivity contribution in [1.29, 1.82) is 0 Å². The summed E-state index contributed by atoms with van der Waals surface area (Å²) in [4.78, 5) is 12.1. The van der Waals surface area contributed by atoms with Crippen molar-refractivity contribution in [3.63, 3.8) is 0 Å². The van der Waals surface area contributed by atoms with Crippen LogP contribution in [0.5, 0.6) is 0 Å². The number of rotatable bonds is 5.